The predicted octanol–water partition coefficient (Wildman–Crippen LogP) is 20.2. The fraction of sp³-hybridized carbons (Fsp3) is 0.889. The molecule has 0 saturated heterocycles. The summed E-state index contributed by atoms with van der Waals surface area (Å²) in [6.45, 7) is 11.7. The molecular formula is C72H136O17P2. The van der Waals surface area contributed by atoms with Gasteiger partial charge < -0.3 is 33.8 Å². The summed E-state index contributed by atoms with van der Waals surface area (Å²) in [5, 5.41) is 10.6. The normalized spacial score (nSPS) is 14.3. The molecule has 0 saturated carbocycles. The van der Waals surface area contributed by atoms with Gasteiger partial charge in [-0.1, -0.05) is 285 Å². The second kappa shape index (κ2) is 62.4. The summed E-state index contributed by atoms with van der Waals surface area (Å²) in [5.74, 6) is 0.0539. The van der Waals surface area contributed by atoms with Crippen molar-refractivity contribution in [2.24, 2.45) is 17.8 Å². The molecule has 3 unspecified atom stereocenters. The zero-order valence-corrected chi connectivity index (χ0v) is 60.6. The van der Waals surface area contributed by atoms with Crippen LogP contribution in [0.15, 0.2) is 24.3 Å². The molecule has 0 aromatic heterocycles. The van der Waals surface area contributed by atoms with Crippen LogP contribution < -0.4 is 0 Å². The molecule has 0 amide bonds. The highest BCUT2D eigenvalue weighted by Crippen LogP contribution is 2.45. The first-order valence-electron chi connectivity index (χ1n) is 36.7. The zero-order chi connectivity index (χ0) is 67.3. The molecule has 0 aliphatic carbocycles. The average molecular weight is 1340 g/mol. The lowest BCUT2D eigenvalue weighted by atomic mass is 10.0. The Hall–Kier alpha value is -2.46. The minimum absolute atomic E-state index is 0.0838. The largest absolute Gasteiger partial charge is 0.472 e. The third kappa shape index (κ3) is 66.0. The highest BCUT2D eigenvalue weighted by atomic mass is 31.2. The van der Waals surface area contributed by atoms with Crippen LogP contribution in [-0.2, 0) is 65.4 Å². The van der Waals surface area contributed by atoms with Gasteiger partial charge in [0.25, 0.3) is 0 Å². The fourth-order valence-corrected chi connectivity index (χ4v) is 11.9. The van der Waals surface area contributed by atoms with Gasteiger partial charge in [0.15, 0.2) is 12.2 Å². The van der Waals surface area contributed by atoms with Crippen LogP contribution in [0.4, 0.5) is 0 Å². The molecule has 0 rings (SSSR count). The van der Waals surface area contributed by atoms with Crippen molar-refractivity contribution in [3.63, 3.8) is 0 Å². The Bertz CT molecular complexity index is 1880. The molecule has 17 nitrogen and oxygen atoms in total. The summed E-state index contributed by atoms with van der Waals surface area (Å²) in [6, 6.07) is 0. The van der Waals surface area contributed by atoms with Crippen molar-refractivity contribution in [2.75, 3.05) is 39.6 Å². The number of hydrogen-bond donors (Lipinski definition) is 3. The Morgan fingerprint density at radius 1 is 0.341 bits per heavy atom. The van der Waals surface area contributed by atoms with Gasteiger partial charge in [-0.3, -0.25) is 37.3 Å². The highest BCUT2D eigenvalue weighted by Gasteiger charge is 2.30. The van der Waals surface area contributed by atoms with E-state index in [1.165, 1.54) is 128 Å². The van der Waals surface area contributed by atoms with E-state index in [4.69, 9.17) is 37.0 Å². The van der Waals surface area contributed by atoms with E-state index in [-0.39, 0.29) is 25.7 Å². The number of rotatable bonds is 68. The molecule has 0 aliphatic heterocycles. The van der Waals surface area contributed by atoms with Gasteiger partial charge in [0.1, 0.15) is 19.3 Å². The van der Waals surface area contributed by atoms with E-state index in [1.807, 2.05) is 0 Å². The summed E-state index contributed by atoms with van der Waals surface area (Å²) < 4.78 is 68.3. The standard InChI is InChI=1S/C72H136O17P2/c1-8-9-10-11-12-13-14-15-16-17-18-26-33-41-48-55-71(76)89-68(60-83-70(75)54-47-40-35-28-31-38-45-52-65(6)7)62-87-91(80,81)85-58-66(73)57-84-90(78,79)86-61-67(88-72(77)56-49-42-34-27-22-20-24-30-37-44-51-64(4)5)59-82-69(74)53-46-39-32-25-21-19-23-29-36-43-50-63(2)3/h13-16,63-68,73H,8-12,17-62H2,1-7H3,(H,78,79)(H,80,81)/b14-13-,16-15-/t66?,67-,68-/m1/s1. The van der Waals surface area contributed by atoms with E-state index in [0.717, 1.165) is 121 Å². The molecule has 0 aromatic carbocycles. The third-order valence-electron chi connectivity index (χ3n) is 16.0. The smallest absolute Gasteiger partial charge is 0.462 e. The maximum Gasteiger partial charge on any atom is 0.472 e. The van der Waals surface area contributed by atoms with Gasteiger partial charge in [-0.25, -0.2) is 9.13 Å². The molecule has 536 valence electrons. The van der Waals surface area contributed by atoms with E-state index >= 15 is 0 Å². The third-order valence-corrected chi connectivity index (χ3v) is 17.9. The monoisotopic (exact) mass is 1330 g/mol. The first-order valence-corrected chi connectivity index (χ1v) is 39.7. The van der Waals surface area contributed by atoms with Crippen LogP contribution in [0.3, 0.4) is 0 Å². The molecule has 19 heteroatoms. The van der Waals surface area contributed by atoms with Crippen molar-refractivity contribution in [3.8, 4) is 0 Å². The Kier molecular flexibility index (Phi) is 60.7. The SMILES string of the molecule is CCCCCC/C=C\C=C/CCCCCCCC(=O)O[C@H](COC(=O)CCCCCCCCCC(C)C)COP(=O)(O)OCC(O)COP(=O)(O)OC[C@@H](COC(=O)CCCCCCCCCCCCC(C)C)OC(=O)CCCCCCCCCCCCC(C)C. The van der Waals surface area contributed by atoms with Crippen LogP contribution in [0.25, 0.3) is 0 Å². The quantitative estimate of drug-likeness (QED) is 0.0169. The van der Waals surface area contributed by atoms with Crippen LogP contribution >= 0.6 is 15.6 Å². The molecular weight excluding hydrogens is 1200 g/mol. The number of ether oxygens (including phenoxy) is 4. The van der Waals surface area contributed by atoms with Crippen LogP contribution in [0.2, 0.25) is 0 Å². The van der Waals surface area contributed by atoms with Gasteiger partial charge >= 0.3 is 39.5 Å². The maximum atomic E-state index is 13.0. The number of unbranched alkanes of at least 4 members (excludes halogenated alkanes) is 33. The van der Waals surface area contributed by atoms with Crippen molar-refractivity contribution in [2.45, 2.75) is 356 Å². The topological polar surface area (TPSA) is 237 Å². The van der Waals surface area contributed by atoms with Crippen LogP contribution in [-0.4, -0.2) is 96.7 Å². The average Bonchev–Trinajstić information content (AvgIpc) is 3.48. The predicted molar refractivity (Wildman–Crippen MR) is 367 cm³/mol. The van der Waals surface area contributed by atoms with Crippen LogP contribution in [0.1, 0.15) is 337 Å². The second-order valence-electron chi connectivity index (χ2n) is 26.7. The number of aliphatic hydroxyl groups is 1. The number of allylic oxidation sites excluding steroid dienone is 4. The fourth-order valence-electron chi connectivity index (χ4n) is 10.4. The van der Waals surface area contributed by atoms with E-state index in [0.29, 0.717) is 31.6 Å². The Morgan fingerprint density at radius 2 is 0.593 bits per heavy atom. The molecule has 3 N–H and O–H groups in total. The summed E-state index contributed by atoms with van der Waals surface area (Å²) >= 11 is 0. The highest BCUT2D eigenvalue weighted by molar-refractivity contribution is 7.47. The zero-order valence-electron chi connectivity index (χ0n) is 58.8. The molecule has 0 aliphatic rings. The Labute approximate surface area is 554 Å². The maximum absolute atomic E-state index is 13.0. The minimum Gasteiger partial charge on any atom is -0.462 e. The van der Waals surface area contributed by atoms with E-state index in [2.05, 4.69) is 72.8 Å². The van der Waals surface area contributed by atoms with Gasteiger partial charge in [0.2, 0.25) is 0 Å². The van der Waals surface area contributed by atoms with E-state index in [1.54, 1.807) is 0 Å². The molecule has 0 radical (unpaired) electrons. The molecule has 5 atom stereocenters. The molecule has 0 spiro atoms. The second-order valence-corrected chi connectivity index (χ2v) is 29.6. The lowest BCUT2D eigenvalue weighted by Crippen LogP contribution is -2.30. The van der Waals surface area contributed by atoms with Crippen molar-refractivity contribution in [1.29, 1.82) is 0 Å². The van der Waals surface area contributed by atoms with Crippen molar-refractivity contribution in [3.05, 3.63) is 24.3 Å². The number of esters is 4. The summed E-state index contributed by atoms with van der Waals surface area (Å²) in [7, 11) is -9.92. The van der Waals surface area contributed by atoms with Crippen LogP contribution in [0, 0.1) is 17.8 Å². The number of carbonyl (C=O) groups excluding carboxylic acids is 4. The van der Waals surface area contributed by atoms with Crippen molar-refractivity contribution < 1.29 is 80.2 Å². The Balaban J connectivity index is 5.29. The van der Waals surface area contributed by atoms with Gasteiger partial charge in [0, 0.05) is 25.7 Å². The number of phosphoric ester groups is 2. The van der Waals surface area contributed by atoms with Gasteiger partial charge in [-0.15, -0.1) is 0 Å². The molecule has 0 fully saturated rings. The Morgan fingerprint density at radius 3 is 0.890 bits per heavy atom. The number of aliphatic hydroxyl groups excluding tert-OH is 1. The summed E-state index contributed by atoms with van der Waals surface area (Å²) in [5.41, 5.74) is 0. The van der Waals surface area contributed by atoms with Gasteiger partial charge in [0.05, 0.1) is 26.4 Å². The summed E-state index contributed by atoms with van der Waals surface area (Å²) in [6.07, 6.45) is 49.4. The number of phosphoric acid groups is 2. The summed E-state index contributed by atoms with van der Waals surface area (Å²) in [4.78, 5) is 72.6. The van der Waals surface area contributed by atoms with Gasteiger partial charge in [-0.05, 0) is 69.1 Å². The van der Waals surface area contributed by atoms with Crippen molar-refractivity contribution in [1.82, 2.24) is 0 Å². The molecule has 0 heterocycles. The van der Waals surface area contributed by atoms with E-state index in [9.17, 15) is 43.2 Å². The number of hydrogen-bond acceptors (Lipinski definition) is 15. The number of carbonyl (C=O) groups is 4. The molecule has 0 bridgehead atoms. The van der Waals surface area contributed by atoms with Crippen molar-refractivity contribution >= 4 is 39.5 Å². The van der Waals surface area contributed by atoms with E-state index < -0.39 is 97.5 Å². The lowest BCUT2D eigenvalue weighted by Gasteiger charge is -2.21. The molecule has 91 heavy (non-hydrogen) atoms. The van der Waals surface area contributed by atoms with Gasteiger partial charge in [-0.2, -0.15) is 0 Å². The first kappa shape index (κ1) is 88.5. The lowest BCUT2D eigenvalue weighted by molar-refractivity contribution is -0.161. The minimum atomic E-state index is -4.96. The first-order chi connectivity index (χ1) is 43.7. The van der Waals surface area contributed by atoms with Crippen LogP contribution in [0.5, 0.6) is 0 Å². The molecule has 0 aromatic rings.